The first-order valence-corrected chi connectivity index (χ1v) is 13.8. The lowest BCUT2D eigenvalue weighted by molar-refractivity contribution is -0.155. The van der Waals surface area contributed by atoms with Crippen LogP contribution in [0.25, 0.3) is 28.0 Å². The summed E-state index contributed by atoms with van der Waals surface area (Å²) in [5.41, 5.74) is 11.9. The van der Waals surface area contributed by atoms with Gasteiger partial charge in [0.25, 0.3) is 0 Å². The number of allylic oxidation sites excluding steroid dienone is 1. The van der Waals surface area contributed by atoms with E-state index in [2.05, 4.69) is 34.2 Å². The van der Waals surface area contributed by atoms with Crippen molar-refractivity contribution in [3.63, 3.8) is 0 Å². The van der Waals surface area contributed by atoms with E-state index in [1.807, 2.05) is 24.3 Å². The number of ether oxygens (including phenoxy) is 4. The number of amides is 1. The molecule has 1 amide bonds. The Morgan fingerprint density at radius 1 is 0.786 bits per heavy atom. The number of aliphatic imine (C=N–C) groups is 1. The summed E-state index contributed by atoms with van der Waals surface area (Å²) in [6.07, 6.45) is 0.980. The van der Waals surface area contributed by atoms with Crippen LogP contribution in [0.5, 0.6) is 0 Å². The molecule has 4 heterocycles. The van der Waals surface area contributed by atoms with Crippen molar-refractivity contribution in [2.45, 2.75) is 77.0 Å². The molecule has 2 saturated heterocycles. The molecule has 4 atom stereocenters. The molecule has 3 aliphatic heterocycles. The van der Waals surface area contributed by atoms with Gasteiger partial charge in [0.2, 0.25) is 11.8 Å². The van der Waals surface area contributed by atoms with Crippen molar-refractivity contribution in [2.75, 3.05) is 0 Å². The van der Waals surface area contributed by atoms with E-state index in [4.69, 9.17) is 29.1 Å². The lowest BCUT2D eigenvalue weighted by atomic mass is 9.96. The lowest BCUT2D eigenvalue weighted by Gasteiger charge is -2.17. The van der Waals surface area contributed by atoms with E-state index in [1.54, 1.807) is 40.2 Å². The minimum atomic E-state index is -0.905. The molecule has 3 aromatic rings. The van der Waals surface area contributed by atoms with Gasteiger partial charge in [-0.15, -0.1) is 0 Å². The maximum Gasteiger partial charge on any atom is 0.249 e. The molecule has 10 heteroatoms. The molecule has 0 bridgehead atoms. The summed E-state index contributed by atoms with van der Waals surface area (Å²) in [6.45, 7) is 8.50. The molecule has 0 saturated carbocycles. The number of benzene rings is 2. The molecule has 0 spiro atoms. The van der Waals surface area contributed by atoms with Gasteiger partial charge in [0.15, 0.2) is 35.7 Å². The first kappa shape index (κ1) is 28.2. The third-order valence-corrected chi connectivity index (χ3v) is 7.50. The van der Waals surface area contributed by atoms with Crippen LogP contribution in [0.2, 0.25) is 0 Å². The van der Waals surface area contributed by atoms with Gasteiger partial charge in [-0.3, -0.25) is 14.6 Å². The minimum absolute atomic E-state index is 0.143. The molecule has 2 fully saturated rings. The van der Waals surface area contributed by atoms with Gasteiger partial charge in [0.1, 0.15) is 18.1 Å². The zero-order chi connectivity index (χ0) is 29.8. The van der Waals surface area contributed by atoms with Gasteiger partial charge in [0, 0.05) is 18.2 Å². The number of nitrogens with two attached hydrogens (primary N) is 1. The summed E-state index contributed by atoms with van der Waals surface area (Å²) in [4.78, 5) is 33.1. The Hall–Kier alpha value is -3.96. The normalized spacial score (nSPS) is 26.2. The van der Waals surface area contributed by atoms with Crippen molar-refractivity contribution < 1.29 is 33.0 Å². The Morgan fingerprint density at radius 2 is 1.33 bits per heavy atom. The molecular weight excluding hydrogens is 538 g/mol. The van der Waals surface area contributed by atoms with Crippen molar-refractivity contribution in [3.05, 3.63) is 72.4 Å². The first-order chi connectivity index (χ1) is 19.9. The highest BCUT2D eigenvalue weighted by molar-refractivity contribution is 6.04. The highest BCUT2D eigenvalue weighted by Gasteiger charge is 2.48. The highest BCUT2D eigenvalue weighted by Crippen LogP contribution is 2.39. The van der Waals surface area contributed by atoms with Crippen LogP contribution in [0.15, 0.2) is 70.4 Å². The highest BCUT2D eigenvalue weighted by atomic mass is 16.8. The SMILES string of the molecule is CC(=O)[C@@H]1OC(C)(C)O[C@H]1c1nc(-c2ccc(-c3ccc(C4=CN=C([C@@H]5OC(C)(C)O[C@H]5C(N)=O)C4)cc3)cc2)co1. The maximum atomic E-state index is 12.1. The van der Waals surface area contributed by atoms with Crippen LogP contribution in [-0.2, 0) is 28.5 Å². The van der Waals surface area contributed by atoms with E-state index in [0.717, 1.165) is 33.5 Å². The van der Waals surface area contributed by atoms with Gasteiger partial charge in [-0.25, -0.2) is 4.98 Å². The number of carbonyl (C=O) groups is 2. The number of Topliss-reactive ketones (excluding diaryl/α,β-unsaturated/α-hetero) is 1. The minimum Gasteiger partial charge on any atom is -0.445 e. The van der Waals surface area contributed by atoms with E-state index in [-0.39, 0.29) is 5.78 Å². The third-order valence-electron chi connectivity index (χ3n) is 7.50. The molecule has 1 aromatic heterocycles. The van der Waals surface area contributed by atoms with E-state index < -0.39 is 41.9 Å². The largest absolute Gasteiger partial charge is 0.445 e. The third kappa shape index (κ3) is 5.46. The summed E-state index contributed by atoms with van der Waals surface area (Å²) in [5.74, 6) is -2.20. The number of carbonyl (C=O) groups excluding carboxylic acids is 2. The number of aromatic nitrogens is 1. The van der Waals surface area contributed by atoms with Crippen LogP contribution in [0.3, 0.4) is 0 Å². The second-order valence-corrected chi connectivity index (χ2v) is 11.6. The number of rotatable bonds is 7. The second-order valence-electron chi connectivity index (χ2n) is 11.6. The Morgan fingerprint density at radius 3 is 1.93 bits per heavy atom. The molecule has 0 aliphatic carbocycles. The fourth-order valence-corrected chi connectivity index (χ4v) is 5.51. The first-order valence-electron chi connectivity index (χ1n) is 13.8. The van der Waals surface area contributed by atoms with Crippen LogP contribution in [0.4, 0.5) is 0 Å². The summed E-state index contributed by atoms with van der Waals surface area (Å²) in [7, 11) is 0. The molecule has 10 nitrogen and oxygen atoms in total. The smallest absolute Gasteiger partial charge is 0.249 e. The van der Waals surface area contributed by atoms with Gasteiger partial charge >= 0.3 is 0 Å². The number of hydrogen-bond acceptors (Lipinski definition) is 9. The van der Waals surface area contributed by atoms with Crippen molar-refractivity contribution in [1.29, 1.82) is 0 Å². The van der Waals surface area contributed by atoms with Crippen molar-refractivity contribution >= 4 is 23.0 Å². The number of ketones is 1. The fourth-order valence-electron chi connectivity index (χ4n) is 5.51. The molecule has 0 unspecified atom stereocenters. The van der Waals surface area contributed by atoms with E-state index in [9.17, 15) is 9.59 Å². The molecule has 6 rings (SSSR count). The van der Waals surface area contributed by atoms with Crippen molar-refractivity contribution in [3.8, 4) is 22.4 Å². The van der Waals surface area contributed by atoms with Crippen molar-refractivity contribution in [2.24, 2.45) is 10.7 Å². The summed E-state index contributed by atoms with van der Waals surface area (Å²) < 4.78 is 29.0. The number of primary amides is 1. The fraction of sp³-hybridized carbons (Fsp3) is 0.375. The zero-order valence-electron chi connectivity index (χ0n) is 24.1. The quantitative estimate of drug-likeness (QED) is 0.419. The Balaban J connectivity index is 1.12. The maximum absolute atomic E-state index is 12.1. The average molecular weight is 572 g/mol. The molecule has 0 radical (unpaired) electrons. The summed E-state index contributed by atoms with van der Waals surface area (Å²) >= 11 is 0. The van der Waals surface area contributed by atoms with Gasteiger partial charge in [-0.05, 0) is 56.9 Å². The molecule has 218 valence electrons. The predicted molar refractivity (Wildman–Crippen MR) is 154 cm³/mol. The van der Waals surface area contributed by atoms with Gasteiger partial charge < -0.3 is 29.1 Å². The molecular formula is C32H33N3O7. The Labute approximate surface area is 243 Å². The van der Waals surface area contributed by atoms with E-state index in [1.165, 1.54) is 6.92 Å². The standard InChI is InChI=1S/C32H33N3O7/c1-17(36)25-28(42-31(2,3)39-25)30-35-24(16-38-30)21-12-10-19(11-13-21)18-6-8-20(9-7-18)22-14-23(34-15-22)26-27(29(33)37)41-32(4,5)40-26/h6-13,15-16,25-28H,14H2,1-5H3,(H2,33,37)/t25-,26-,27+,28+/m0/s1. The number of oxazole rings is 1. The zero-order valence-corrected chi connectivity index (χ0v) is 24.1. The van der Waals surface area contributed by atoms with Gasteiger partial charge in [-0.1, -0.05) is 48.5 Å². The average Bonchev–Trinajstić information content (AvgIpc) is 3.73. The molecule has 2 N–H and O–H groups in total. The van der Waals surface area contributed by atoms with Gasteiger partial charge in [-0.2, -0.15) is 0 Å². The monoisotopic (exact) mass is 571 g/mol. The van der Waals surface area contributed by atoms with Crippen molar-refractivity contribution in [1.82, 2.24) is 4.98 Å². The number of hydrogen-bond donors (Lipinski definition) is 1. The summed E-state index contributed by atoms with van der Waals surface area (Å²) in [5, 5.41) is 0. The Kier molecular flexibility index (Phi) is 6.97. The second kappa shape index (κ2) is 10.4. The van der Waals surface area contributed by atoms with Crippen LogP contribution in [0, 0.1) is 0 Å². The molecule has 42 heavy (non-hydrogen) atoms. The number of nitrogens with zero attached hydrogens (tertiary/aromatic N) is 2. The van der Waals surface area contributed by atoms with Gasteiger partial charge in [0.05, 0.1) is 5.71 Å². The predicted octanol–water partition coefficient (Wildman–Crippen LogP) is 4.98. The van der Waals surface area contributed by atoms with E-state index in [0.29, 0.717) is 18.0 Å². The Bertz CT molecular complexity index is 1580. The molecule has 2 aromatic carbocycles. The lowest BCUT2D eigenvalue weighted by Crippen LogP contribution is -2.40. The van der Waals surface area contributed by atoms with Crippen LogP contribution < -0.4 is 5.73 Å². The topological polar surface area (TPSA) is 135 Å². The van der Waals surface area contributed by atoms with E-state index >= 15 is 0 Å². The summed E-state index contributed by atoms with van der Waals surface area (Å²) in [6, 6.07) is 16.2. The van der Waals surface area contributed by atoms with Crippen LogP contribution >= 0.6 is 0 Å². The molecule has 3 aliphatic rings. The van der Waals surface area contributed by atoms with Crippen LogP contribution in [0.1, 0.15) is 58.6 Å². The van der Waals surface area contributed by atoms with Crippen LogP contribution in [-0.4, -0.2) is 52.3 Å².